The predicted molar refractivity (Wildman–Crippen MR) is 75.6 cm³/mol. The largest absolute Gasteiger partial charge is 0.388 e. The van der Waals surface area contributed by atoms with Gasteiger partial charge in [0.2, 0.25) is 0 Å². The lowest BCUT2D eigenvalue weighted by Crippen LogP contribution is -2.05. The van der Waals surface area contributed by atoms with E-state index in [1.807, 2.05) is 25.1 Å². The molecule has 1 nitrogen and oxygen atoms in total. The van der Waals surface area contributed by atoms with E-state index in [-0.39, 0.29) is 11.7 Å². The molecule has 1 N–H and O–H groups in total. The second-order valence-corrected chi connectivity index (χ2v) is 5.06. The molecule has 2 heteroatoms. The Morgan fingerprint density at radius 1 is 1.11 bits per heavy atom. The zero-order chi connectivity index (χ0) is 13.8. The van der Waals surface area contributed by atoms with Gasteiger partial charge in [-0.1, -0.05) is 43.3 Å². The topological polar surface area (TPSA) is 20.2 Å². The van der Waals surface area contributed by atoms with Crippen molar-refractivity contribution in [2.45, 2.75) is 32.3 Å². The Morgan fingerprint density at radius 3 is 2.42 bits per heavy atom. The van der Waals surface area contributed by atoms with Gasteiger partial charge in [-0.25, -0.2) is 4.39 Å². The van der Waals surface area contributed by atoms with Crippen LogP contribution in [0.15, 0.2) is 48.5 Å². The van der Waals surface area contributed by atoms with Gasteiger partial charge in [0.1, 0.15) is 5.82 Å². The van der Waals surface area contributed by atoms with Crippen molar-refractivity contribution < 1.29 is 9.50 Å². The Labute approximate surface area is 113 Å². The van der Waals surface area contributed by atoms with Crippen molar-refractivity contribution in [2.24, 2.45) is 0 Å². The molecule has 0 radical (unpaired) electrons. The van der Waals surface area contributed by atoms with Gasteiger partial charge in [-0.05, 0) is 48.1 Å². The molecule has 2 unspecified atom stereocenters. The first kappa shape index (κ1) is 13.8. The second kappa shape index (κ2) is 5.98. The van der Waals surface area contributed by atoms with E-state index in [1.165, 1.54) is 17.7 Å². The number of aryl methyl sites for hydroxylation is 1. The fourth-order valence-corrected chi connectivity index (χ4v) is 2.39. The third-order valence-electron chi connectivity index (χ3n) is 3.54. The highest BCUT2D eigenvalue weighted by Crippen LogP contribution is 2.29. The molecule has 2 aromatic carbocycles. The molecule has 19 heavy (non-hydrogen) atoms. The van der Waals surface area contributed by atoms with Crippen LogP contribution in [0.1, 0.15) is 42.1 Å². The molecule has 0 bridgehead atoms. The Morgan fingerprint density at radius 2 is 1.79 bits per heavy atom. The van der Waals surface area contributed by atoms with Crippen LogP contribution in [0.5, 0.6) is 0 Å². The van der Waals surface area contributed by atoms with Crippen LogP contribution in [-0.4, -0.2) is 5.11 Å². The van der Waals surface area contributed by atoms with Gasteiger partial charge in [-0.2, -0.15) is 0 Å². The smallest absolute Gasteiger partial charge is 0.123 e. The maximum absolute atomic E-state index is 13.1. The van der Waals surface area contributed by atoms with Crippen molar-refractivity contribution in [3.8, 4) is 0 Å². The third-order valence-corrected chi connectivity index (χ3v) is 3.54. The summed E-state index contributed by atoms with van der Waals surface area (Å²) < 4.78 is 13.1. The molecule has 0 aliphatic carbocycles. The van der Waals surface area contributed by atoms with E-state index < -0.39 is 6.10 Å². The molecule has 0 amide bonds. The van der Waals surface area contributed by atoms with Crippen molar-refractivity contribution in [3.05, 3.63) is 71.0 Å². The maximum atomic E-state index is 13.1. The van der Waals surface area contributed by atoms with Crippen LogP contribution in [0.25, 0.3) is 0 Å². The van der Waals surface area contributed by atoms with Crippen LogP contribution in [0.4, 0.5) is 4.39 Å². The van der Waals surface area contributed by atoms with Gasteiger partial charge in [0.05, 0.1) is 6.10 Å². The van der Waals surface area contributed by atoms with E-state index in [0.29, 0.717) is 6.42 Å². The third kappa shape index (κ3) is 3.42. The summed E-state index contributed by atoms with van der Waals surface area (Å²) in [6, 6.07) is 14.7. The number of halogens is 1. The zero-order valence-electron chi connectivity index (χ0n) is 11.3. The minimum Gasteiger partial charge on any atom is -0.388 e. The van der Waals surface area contributed by atoms with Crippen molar-refractivity contribution in [1.29, 1.82) is 0 Å². The summed E-state index contributed by atoms with van der Waals surface area (Å²) in [5.41, 5.74) is 2.82. The number of hydrogen-bond donors (Lipinski definition) is 1. The van der Waals surface area contributed by atoms with Crippen molar-refractivity contribution in [3.63, 3.8) is 0 Å². The highest BCUT2D eigenvalue weighted by molar-refractivity contribution is 5.29. The van der Waals surface area contributed by atoms with Crippen LogP contribution in [0.3, 0.4) is 0 Å². The van der Waals surface area contributed by atoms with Crippen molar-refractivity contribution >= 4 is 0 Å². The standard InChI is InChI=1S/C17H19FO/c1-12(14-6-4-3-5-7-14)11-17(19)16-9-8-15(18)10-13(16)2/h3-10,12,17,19H,11H2,1-2H3. The Hall–Kier alpha value is -1.67. The zero-order valence-corrected chi connectivity index (χ0v) is 11.3. The lowest BCUT2D eigenvalue weighted by atomic mass is 9.91. The quantitative estimate of drug-likeness (QED) is 0.863. The van der Waals surface area contributed by atoms with Crippen LogP contribution in [-0.2, 0) is 0 Å². The number of aliphatic hydroxyl groups is 1. The lowest BCUT2D eigenvalue weighted by molar-refractivity contribution is 0.159. The highest BCUT2D eigenvalue weighted by Gasteiger charge is 2.15. The normalized spacial score (nSPS) is 14.1. The number of hydrogen-bond acceptors (Lipinski definition) is 1. The predicted octanol–water partition coefficient (Wildman–Crippen LogP) is 4.36. The summed E-state index contributed by atoms with van der Waals surface area (Å²) in [6.45, 7) is 3.92. The first-order chi connectivity index (χ1) is 9.08. The molecule has 2 aromatic rings. The Bertz CT molecular complexity index is 536. The van der Waals surface area contributed by atoms with E-state index in [2.05, 4.69) is 19.1 Å². The number of rotatable bonds is 4. The molecule has 100 valence electrons. The molecule has 0 saturated heterocycles. The number of aliphatic hydroxyl groups excluding tert-OH is 1. The Kier molecular flexibility index (Phi) is 4.33. The van der Waals surface area contributed by atoms with E-state index in [1.54, 1.807) is 6.07 Å². The van der Waals surface area contributed by atoms with E-state index in [0.717, 1.165) is 11.1 Å². The maximum Gasteiger partial charge on any atom is 0.123 e. The lowest BCUT2D eigenvalue weighted by Gasteiger charge is -2.18. The van der Waals surface area contributed by atoms with Crippen LogP contribution in [0.2, 0.25) is 0 Å². The molecule has 0 saturated carbocycles. The SMILES string of the molecule is Cc1cc(F)ccc1C(O)CC(C)c1ccccc1. The van der Waals surface area contributed by atoms with E-state index in [4.69, 9.17) is 0 Å². The van der Waals surface area contributed by atoms with Gasteiger partial charge in [0.15, 0.2) is 0 Å². The molecule has 0 fully saturated rings. The minimum absolute atomic E-state index is 0.260. The summed E-state index contributed by atoms with van der Waals surface area (Å²) >= 11 is 0. The van der Waals surface area contributed by atoms with Crippen LogP contribution in [0, 0.1) is 12.7 Å². The Balaban J connectivity index is 2.10. The average Bonchev–Trinajstić information content (AvgIpc) is 2.39. The summed E-state index contributed by atoms with van der Waals surface area (Å²) in [5.74, 6) is 0.00482. The summed E-state index contributed by atoms with van der Waals surface area (Å²) in [4.78, 5) is 0. The molecule has 2 rings (SSSR count). The van der Waals surface area contributed by atoms with E-state index >= 15 is 0 Å². The van der Waals surface area contributed by atoms with E-state index in [9.17, 15) is 9.50 Å². The summed E-state index contributed by atoms with van der Waals surface area (Å²) in [6.07, 6.45) is 0.0760. The molecule has 0 aliphatic rings. The second-order valence-electron chi connectivity index (χ2n) is 5.06. The minimum atomic E-state index is -0.559. The van der Waals surface area contributed by atoms with Crippen molar-refractivity contribution in [2.75, 3.05) is 0 Å². The molecule has 2 atom stereocenters. The van der Waals surface area contributed by atoms with Gasteiger partial charge in [0.25, 0.3) is 0 Å². The monoisotopic (exact) mass is 258 g/mol. The molecule has 0 aromatic heterocycles. The molecule has 0 aliphatic heterocycles. The van der Waals surface area contributed by atoms with Crippen molar-refractivity contribution in [1.82, 2.24) is 0 Å². The molecule has 0 heterocycles. The fraction of sp³-hybridized carbons (Fsp3) is 0.294. The van der Waals surface area contributed by atoms with Gasteiger partial charge in [0, 0.05) is 0 Å². The average molecular weight is 258 g/mol. The van der Waals surface area contributed by atoms with Gasteiger partial charge in [-0.3, -0.25) is 0 Å². The first-order valence-corrected chi connectivity index (χ1v) is 6.57. The summed E-state index contributed by atoms with van der Waals surface area (Å²) in [7, 11) is 0. The highest BCUT2D eigenvalue weighted by atomic mass is 19.1. The fourth-order valence-electron chi connectivity index (χ4n) is 2.39. The summed E-state index contributed by atoms with van der Waals surface area (Å²) in [5, 5.41) is 10.3. The molecular formula is C17H19FO. The van der Waals surface area contributed by atoms with Gasteiger partial charge < -0.3 is 5.11 Å². The number of benzene rings is 2. The first-order valence-electron chi connectivity index (χ1n) is 6.57. The van der Waals surface area contributed by atoms with Gasteiger partial charge in [-0.15, -0.1) is 0 Å². The van der Waals surface area contributed by atoms with Crippen LogP contribution < -0.4 is 0 Å². The van der Waals surface area contributed by atoms with Gasteiger partial charge >= 0.3 is 0 Å². The molecule has 0 spiro atoms. The molecular weight excluding hydrogens is 239 g/mol. The van der Waals surface area contributed by atoms with Crippen LogP contribution >= 0.6 is 0 Å².